The highest BCUT2D eigenvalue weighted by atomic mass is 35.5. The van der Waals surface area contributed by atoms with Gasteiger partial charge in [-0.1, -0.05) is 11.6 Å². The number of nitrogens with zero attached hydrogens (tertiary/aromatic N) is 4. The monoisotopic (exact) mass is 298 g/mol. The minimum absolute atomic E-state index is 0.152. The van der Waals surface area contributed by atoms with Crippen LogP contribution in [0.3, 0.4) is 0 Å². The fourth-order valence-corrected chi connectivity index (χ4v) is 1.97. The zero-order chi connectivity index (χ0) is 13.8. The Morgan fingerprint density at radius 2 is 2.37 bits per heavy atom. The molecule has 0 radical (unpaired) electrons. The van der Waals surface area contributed by atoms with Crippen LogP contribution in [0.1, 0.15) is 13.8 Å². The van der Waals surface area contributed by atoms with Gasteiger partial charge in [-0.3, -0.25) is 0 Å². The lowest BCUT2D eigenvalue weighted by molar-refractivity contribution is -0.141. The second kappa shape index (κ2) is 5.94. The normalized spacial score (nSPS) is 11.4. The Hall–Kier alpha value is -1.73. The lowest BCUT2D eigenvalue weighted by Gasteiger charge is -2.03. The molecule has 8 heteroatoms. The Morgan fingerprint density at radius 1 is 1.58 bits per heavy atom. The highest BCUT2D eigenvalue weighted by Crippen LogP contribution is 2.21. The van der Waals surface area contributed by atoms with Crippen molar-refractivity contribution >= 4 is 35.1 Å². The average Bonchev–Trinajstić information content (AvgIpc) is 2.94. The van der Waals surface area contributed by atoms with Crippen LogP contribution in [0.5, 0.6) is 0 Å². The number of halogens is 1. The molecule has 0 aliphatic carbocycles. The van der Waals surface area contributed by atoms with Crippen LogP contribution in [0.15, 0.2) is 17.8 Å². The molecule has 0 saturated heterocycles. The van der Waals surface area contributed by atoms with Crippen molar-refractivity contribution in [1.29, 1.82) is 0 Å². The first-order chi connectivity index (χ1) is 9.04. The third kappa shape index (κ3) is 3.87. The van der Waals surface area contributed by atoms with Crippen LogP contribution in [0.4, 0.5) is 0 Å². The van der Waals surface area contributed by atoms with Gasteiger partial charge >= 0.3 is 5.97 Å². The summed E-state index contributed by atoms with van der Waals surface area (Å²) in [6.07, 6.45) is 4.07. The van der Waals surface area contributed by atoms with Crippen molar-refractivity contribution in [1.82, 2.24) is 19.7 Å². The topological polar surface area (TPSA) is 69.9 Å². The van der Waals surface area contributed by atoms with Gasteiger partial charge in [0.05, 0.1) is 6.10 Å². The van der Waals surface area contributed by atoms with Gasteiger partial charge in [-0.2, -0.15) is 0 Å². The molecule has 0 atom stereocenters. The van der Waals surface area contributed by atoms with E-state index in [2.05, 4.69) is 15.1 Å². The Kier molecular flexibility index (Phi) is 4.28. The summed E-state index contributed by atoms with van der Waals surface area (Å²) in [6, 6.07) is 0. The molecule has 6 nitrogen and oxygen atoms in total. The molecule has 0 unspecified atom stereocenters. The van der Waals surface area contributed by atoms with Gasteiger partial charge in [0.25, 0.3) is 0 Å². The van der Waals surface area contributed by atoms with Gasteiger partial charge in [-0.25, -0.2) is 19.4 Å². The quantitative estimate of drug-likeness (QED) is 0.640. The SMILES string of the molecule is CC(C)OC(=O)/C=C/n1cnc(-c2csc(Cl)n2)n1. The largest absolute Gasteiger partial charge is 0.460 e. The van der Waals surface area contributed by atoms with E-state index < -0.39 is 5.97 Å². The van der Waals surface area contributed by atoms with Crippen LogP contribution in [-0.2, 0) is 9.53 Å². The van der Waals surface area contributed by atoms with Crippen molar-refractivity contribution in [3.8, 4) is 11.5 Å². The van der Waals surface area contributed by atoms with E-state index in [1.807, 2.05) is 0 Å². The number of thiazole rings is 1. The lowest BCUT2D eigenvalue weighted by Crippen LogP contribution is -2.08. The first kappa shape index (κ1) is 13.7. The minimum atomic E-state index is -0.427. The van der Waals surface area contributed by atoms with E-state index in [0.717, 1.165) is 0 Å². The minimum Gasteiger partial charge on any atom is -0.460 e. The summed E-state index contributed by atoms with van der Waals surface area (Å²) < 4.78 is 6.79. The van der Waals surface area contributed by atoms with E-state index >= 15 is 0 Å². The number of aromatic nitrogens is 4. The summed E-state index contributed by atoms with van der Waals surface area (Å²) in [5.74, 6) is 0.0220. The molecule has 2 rings (SSSR count). The van der Waals surface area contributed by atoms with Gasteiger partial charge < -0.3 is 4.74 Å². The molecule has 0 N–H and O–H groups in total. The molecule has 0 saturated carbocycles. The molecule has 100 valence electrons. The molecule has 19 heavy (non-hydrogen) atoms. The Balaban J connectivity index is 2.05. The first-order valence-corrected chi connectivity index (χ1v) is 6.71. The number of hydrogen-bond acceptors (Lipinski definition) is 6. The van der Waals surface area contributed by atoms with Crippen molar-refractivity contribution in [2.24, 2.45) is 0 Å². The van der Waals surface area contributed by atoms with Crippen LogP contribution in [0.25, 0.3) is 17.7 Å². The summed E-state index contributed by atoms with van der Waals surface area (Å²) in [6.45, 7) is 3.57. The molecule has 0 aliphatic heterocycles. The predicted molar refractivity (Wildman–Crippen MR) is 72.7 cm³/mol. The maximum absolute atomic E-state index is 11.3. The van der Waals surface area contributed by atoms with Crippen molar-refractivity contribution in [2.75, 3.05) is 0 Å². The molecule has 0 bridgehead atoms. The zero-order valence-corrected chi connectivity index (χ0v) is 11.9. The third-order valence-corrected chi connectivity index (χ3v) is 2.91. The van der Waals surface area contributed by atoms with Gasteiger partial charge in [0.1, 0.15) is 12.0 Å². The molecule has 0 spiro atoms. The van der Waals surface area contributed by atoms with E-state index in [4.69, 9.17) is 16.3 Å². The molecule has 0 fully saturated rings. The van der Waals surface area contributed by atoms with E-state index in [1.165, 1.54) is 34.6 Å². The summed E-state index contributed by atoms with van der Waals surface area (Å²) in [5.41, 5.74) is 0.604. The average molecular weight is 299 g/mol. The Labute approximate surface area is 118 Å². The van der Waals surface area contributed by atoms with Crippen molar-refractivity contribution in [3.63, 3.8) is 0 Å². The number of carbonyl (C=O) groups is 1. The Bertz CT molecular complexity index is 605. The second-order valence-electron chi connectivity index (χ2n) is 3.84. The van der Waals surface area contributed by atoms with Gasteiger partial charge in [0, 0.05) is 17.7 Å². The van der Waals surface area contributed by atoms with Crippen LogP contribution >= 0.6 is 22.9 Å². The van der Waals surface area contributed by atoms with Crippen LogP contribution < -0.4 is 0 Å². The van der Waals surface area contributed by atoms with Gasteiger partial charge in [-0.15, -0.1) is 16.4 Å². The fourth-order valence-electron chi connectivity index (χ4n) is 1.23. The van der Waals surface area contributed by atoms with E-state index in [0.29, 0.717) is 16.0 Å². The summed E-state index contributed by atoms with van der Waals surface area (Å²) in [7, 11) is 0. The summed E-state index contributed by atoms with van der Waals surface area (Å²) >= 11 is 7.04. The maximum Gasteiger partial charge on any atom is 0.332 e. The molecular formula is C11H11ClN4O2S. The van der Waals surface area contributed by atoms with E-state index in [9.17, 15) is 4.79 Å². The second-order valence-corrected chi connectivity index (χ2v) is 5.28. The smallest absolute Gasteiger partial charge is 0.332 e. The van der Waals surface area contributed by atoms with Gasteiger partial charge in [0.15, 0.2) is 4.47 Å². The number of hydrogen-bond donors (Lipinski definition) is 0. The molecule has 0 aliphatic rings. The third-order valence-electron chi connectivity index (χ3n) is 1.93. The zero-order valence-electron chi connectivity index (χ0n) is 10.3. The highest BCUT2D eigenvalue weighted by molar-refractivity contribution is 7.14. The van der Waals surface area contributed by atoms with Crippen LogP contribution in [0, 0.1) is 0 Å². The summed E-state index contributed by atoms with van der Waals surface area (Å²) in [4.78, 5) is 19.4. The number of esters is 1. The number of ether oxygens (including phenoxy) is 1. The molecule has 0 aromatic carbocycles. The Morgan fingerprint density at radius 3 is 3.00 bits per heavy atom. The van der Waals surface area contributed by atoms with Gasteiger partial charge in [-0.05, 0) is 13.8 Å². The van der Waals surface area contributed by atoms with Crippen molar-refractivity contribution in [3.05, 3.63) is 22.3 Å². The van der Waals surface area contributed by atoms with Gasteiger partial charge in [0.2, 0.25) is 5.82 Å². The molecule has 0 amide bonds. The predicted octanol–water partition coefficient (Wildman–Crippen LogP) is 2.48. The van der Waals surface area contributed by atoms with Crippen LogP contribution in [0.2, 0.25) is 4.47 Å². The standard InChI is InChI=1S/C11H11ClN4O2S/c1-7(2)18-9(17)3-4-16-6-13-10(15-16)8-5-19-11(12)14-8/h3-7H,1-2H3/b4-3+. The van der Waals surface area contributed by atoms with E-state index in [-0.39, 0.29) is 6.10 Å². The number of carbonyl (C=O) groups excluding carboxylic acids is 1. The number of rotatable bonds is 4. The molecule has 2 heterocycles. The first-order valence-electron chi connectivity index (χ1n) is 5.46. The maximum atomic E-state index is 11.3. The van der Waals surface area contributed by atoms with Crippen LogP contribution in [-0.4, -0.2) is 31.8 Å². The lowest BCUT2D eigenvalue weighted by atomic mass is 10.5. The molecule has 2 aromatic heterocycles. The van der Waals surface area contributed by atoms with Crippen molar-refractivity contribution in [2.45, 2.75) is 20.0 Å². The highest BCUT2D eigenvalue weighted by Gasteiger charge is 2.07. The van der Waals surface area contributed by atoms with Crippen molar-refractivity contribution < 1.29 is 9.53 Å². The van der Waals surface area contributed by atoms with E-state index in [1.54, 1.807) is 19.2 Å². The molecule has 2 aromatic rings. The summed E-state index contributed by atoms with van der Waals surface area (Å²) in [5, 5.41) is 5.90. The molecular weight excluding hydrogens is 288 g/mol. The fraction of sp³-hybridized carbons (Fsp3) is 0.273.